The van der Waals surface area contributed by atoms with Gasteiger partial charge in [0.05, 0.1) is 15.4 Å². The first kappa shape index (κ1) is 14.7. The van der Waals surface area contributed by atoms with Gasteiger partial charge < -0.3 is 5.11 Å². The third-order valence-corrected chi connectivity index (χ3v) is 4.00. The molecule has 0 bridgehead atoms. The van der Waals surface area contributed by atoms with E-state index in [4.69, 9.17) is 5.11 Å². The molecule has 2 aromatic rings. The minimum Gasteiger partial charge on any atom is -0.478 e. The van der Waals surface area contributed by atoms with Crippen molar-refractivity contribution in [3.63, 3.8) is 0 Å². The summed E-state index contributed by atoms with van der Waals surface area (Å²) in [5.41, 5.74) is 0.0810. The van der Waals surface area contributed by atoms with Gasteiger partial charge in [-0.15, -0.1) is 0 Å². The first-order chi connectivity index (χ1) is 9.47. The average Bonchev–Trinajstić information content (AvgIpc) is 2.41. The maximum Gasteiger partial charge on any atom is 0.337 e. The third-order valence-electron chi connectivity index (χ3n) is 2.32. The molecule has 1 N–H and O–H groups in total. The third kappa shape index (κ3) is 3.45. The number of nitro groups is 1. The second kappa shape index (κ2) is 6.18. The van der Waals surface area contributed by atoms with Crippen LogP contribution in [-0.4, -0.2) is 21.0 Å². The zero-order chi connectivity index (χ0) is 14.7. The molecule has 0 saturated carbocycles. The minimum absolute atomic E-state index is 0.00557. The lowest BCUT2D eigenvalue weighted by Crippen LogP contribution is -1.97. The molecule has 8 heteroatoms. The summed E-state index contributed by atoms with van der Waals surface area (Å²) in [5, 5.41) is 20.3. The van der Waals surface area contributed by atoms with Gasteiger partial charge in [-0.2, -0.15) is 0 Å². The topological polar surface area (TPSA) is 93.3 Å². The van der Waals surface area contributed by atoms with Crippen molar-refractivity contribution in [2.75, 3.05) is 0 Å². The largest absolute Gasteiger partial charge is 0.478 e. The standard InChI is InChI=1S/C12H7IN2O4S/c13-8-2-3-10(9(5-8)15(18)19)20-11-4-1-7(6-14-11)12(16)17/h1-6H,(H,16,17). The van der Waals surface area contributed by atoms with Crippen molar-refractivity contribution in [1.29, 1.82) is 0 Å². The Morgan fingerprint density at radius 3 is 2.65 bits per heavy atom. The highest BCUT2D eigenvalue weighted by Crippen LogP contribution is 2.34. The number of nitrogens with zero attached hydrogens (tertiary/aromatic N) is 2. The first-order valence-corrected chi connectivity index (χ1v) is 7.18. The van der Waals surface area contributed by atoms with Gasteiger partial charge in [0.15, 0.2) is 0 Å². The zero-order valence-electron chi connectivity index (χ0n) is 9.82. The van der Waals surface area contributed by atoms with Crippen molar-refractivity contribution in [2.24, 2.45) is 0 Å². The number of halogens is 1. The number of pyridine rings is 1. The van der Waals surface area contributed by atoms with Gasteiger partial charge in [-0.1, -0.05) is 11.8 Å². The number of hydrogen-bond acceptors (Lipinski definition) is 5. The van der Waals surface area contributed by atoms with Gasteiger partial charge in [0.2, 0.25) is 0 Å². The number of carboxylic acids is 1. The van der Waals surface area contributed by atoms with Gasteiger partial charge in [-0.25, -0.2) is 9.78 Å². The molecule has 0 radical (unpaired) electrons. The molecule has 102 valence electrons. The molecule has 1 aromatic heterocycles. The molecule has 0 aliphatic rings. The number of aromatic carboxylic acids is 1. The number of carbonyl (C=O) groups is 1. The van der Waals surface area contributed by atoms with Crippen LogP contribution < -0.4 is 0 Å². The second-order valence-corrected chi connectivity index (χ2v) is 5.97. The Balaban J connectivity index is 2.30. The van der Waals surface area contributed by atoms with Crippen LogP contribution in [0.5, 0.6) is 0 Å². The van der Waals surface area contributed by atoms with Crippen LogP contribution in [0.2, 0.25) is 0 Å². The Morgan fingerprint density at radius 2 is 2.10 bits per heavy atom. The molecule has 20 heavy (non-hydrogen) atoms. The molecule has 0 unspecified atom stereocenters. The van der Waals surface area contributed by atoms with E-state index in [1.165, 1.54) is 24.4 Å². The average molecular weight is 402 g/mol. The van der Waals surface area contributed by atoms with Gasteiger partial charge in [0, 0.05) is 15.8 Å². The summed E-state index contributed by atoms with van der Waals surface area (Å²) in [6.07, 6.45) is 1.23. The predicted molar refractivity (Wildman–Crippen MR) is 81.1 cm³/mol. The quantitative estimate of drug-likeness (QED) is 0.479. The summed E-state index contributed by atoms with van der Waals surface area (Å²) < 4.78 is 0.771. The Labute approximate surface area is 131 Å². The second-order valence-electron chi connectivity index (χ2n) is 3.66. The summed E-state index contributed by atoms with van der Waals surface area (Å²) in [5.74, 6) is -1.06. The maximum atomic E-state index is 11.0. The highest BCUT2D eigenvalue weighted by Gasteiger charge is 2.16. The van der Waals surface area contributed by atoms with Crippen LogP contribution >= 0.6 is 34.4 Å². The zero-order valence-corrected chi connectivity index (χ0v) is 12.8. The molecule has 0 atom stereocenters. The normalized spacial score (nSPS) is 10.2. The van der Waals surface area contributed by atoms with E-state index in [0.29, 0.717) is 9.92 Å². The molecule has 0 fully saturated rings. The molecule has 0 aliphatic heterocycles. The summed E-state index contributed by atoms with van der Waals surface area (Å²) in [6, 6.07) is 7.83. The molecule has 1 aromatic carbocycles. The highest BCUT2D eigenvalue weighted by atomic mass is 127. The number of benzene rings is 1. The molecular weight excluding hydrogens is 395 g/mol. The molecule has 0 spiro atoms. The molecular formula is C12H7IN2O4S. The summed E-state index contributed by atoms with van der Waals surface area (Å²) in [7, 11) is 0. The van der Waals surface area contributed by atoms with Gasteiger partial charge in [0.1, 0.15) is 5.03 Å². The monoisotopic (exact) mass is 402 g/mol. The number of aromatic nitrogens is 1. The number of carboxylic acid groups (broad SMARTS) is 1. The minimum atomic E-state index is -1.06. The van der Waals surface area contributed by atoms with E-state index in [-0.39, 0.29) is 11.3 Å². The van der Waals surface area contributed by atoms with Gasteiger partial charge in [0.25, 0.3) is 5.69 Å². The highest BCUT2D eigenvalue weighted by molar-refractivity contribution is 14.1. The smallest absolute Gasteiger partial charge is 0.337 e. The number of nitro benzene ring substituents is 1. The SMILES string of the molecule is O=C(O)c1ccc(Sc2ccc(I)cc2[N+](=O)[O-])nc1. The van der Waals surface area contributed by atoms with Gasteiger partial charge >= 0.3 is 5.97 Å². The van der Waals surface area contributed by atoms with Crippen LogP contribution in [0.3, 0.4) is 0 Å². The van der Waals surface area contributed by atoms with Gasteiger partial charge in [-0.3, -0.25) is 10.1 Å². The van der Waals surface area contributed by atoms with E-state index in [9.17, 15) is 14.9 Å². The molecule has 6 nitrogen and oxygen atoms in total. The molecule has 0 saturated heterocycles. The lowest BCUT2D eigenvalue weighted by molar-refractivity contribution is -0.387. The van der Waals surface area contributed by atoms with Gasteiger partial charge in [-0.05, 0) is 46.9 Å². The first-order valence-electron chi connectivity index (χ1n) is 5.28. The van der Waals surface area contributed by atoms with E-state index in [0.717, 1.165) is 15.3 Å². The molecule has 2 rings (SSSR count). The lowest BCUT2D eigenvalue weighted by atomic mass is 10.3. The number of rotatable bonds is 4. The van der Waals surface area contributed by atoms with Crippen LogP contribution in [0.25, 0.3) is 0 Å². The Bertz CT molecular complexity index is 676. The fourth-order valence-corrected chi connectivity index (χ4v) is 2.72. The summed E-state index contributed by atoms with van der Waals surface area (Å²) >= 11 is 3.13. The van der Waals surface area contributed by atoms with Crippen molar-refractivity contribution in [2.45, 2.75) is 9.92 Å². The summed E-state index contributed by atoms with van der Waals surface area (Å²) in [4.78, 5) is 25.7. The van der Waals surface area contributed by atoms with Crippen LogP contribution in [-0.2, 0) is 0 Å². The van der Waals surface area contributed by atoms with E-state index < -0.39 is 10.9 Å². The fourth-order valence-electron chi connectivity index (χ4n) is 1.40. The van der Waals surface area contributed by atoms with E-state index in [2.05, 4.69) is 4.98 Å². The van der Waals surface area contributed by atoms with Crippen LogP contribution in [0.15, 0.2) is 46.5 Å². The number of hydrogen-bond donors (Lipinski definition) is 1. The van der Waals surface area contributed by atoms with Crippen molar-refractivity contribution in [1.82, 2.24) is 4.98 Å². The lowest BCUT2D eigenvalue weighted by Gasteiger charge is -2.03. The van der Waals surface area contributed by atoms with E-state index in [1.807, 2.05) is 22.6 Å². The van der Waals surface area contributed by atoms with Crippen LogP contribution in [0.1, 0.15) is 10.4 Å². The Kier molecular flexibility index (Phi) is 4.55. The molecule has 1 heterocycles. The van der Waals surface area contributed by atoms with Crippen molar-refractivity contribution in [3.8, 4) is 0 Å². The molecule has 0 amide bonds. The van der Waals surface area contributed by atoms with E-state index in [1.54, 1.807) is 12.1 Å². The predicted octanol–water partition coefficient (Wildman–Crippen LogP) is 3.44. The maximum absolute atomic E-state index is 11.0. The van der Waals surface area contributed by atoms with Crippen molar-refractivity contribution >= 4 is 46.0 Å². The van der Waals surface area contributed by atoms with Crippen LogP contribution in [0.4, 0.5) is 5.69 Å². The van der Waals surface area contributed by atoms with E-state index >= 15 is 0 Å². The molecule has 0 aliphatic carbocycles. The summed E-state index contributed by atoms with van der Waals surface area (Å²) in [6.45, 7) is 0. The fraction of sp³-hybridized carbons (Fsp3) is 0. The van der Waals surface area contributed by atoms with Crippen molar-refractivity contribution in [3.05, 3.63) is 55.8 Å². The van der Waals surface area contributed by atoms with Crippen molar-refractivity contribution < 1.29 is 14.8 Å². The Hall–Kier alpha value is -1.68. The van der Waals surface area contributed by atoms with Crippen LogP contribution in [0, 0.1) is 13.7 Å². The Morgan fingerprint density at radius 1 is 1.35 bits per heavy atom.